The van der Waals surface area contributed by atoms with Gasteiger partial charge in [0.1, 0.15) is 5.60 Å². The zero-order valence-corrected chi connectivity index (χ0v) is 10.3. The molecule has 0 aromatic carbocycles. The molecule has 6 nitrogen and oxygen atoms in total. The molecular weight excluding hydrogens is 214 g/mol. The summed E-state index contributed by atoms with van der Waals surface area (Å²) >= 11 is 0. The Hall–Kier alpha value is -1.30. The summed E-state index contributed by atoms with van der Waals surface area (Å²) in [7, 11) is 2.61. The molecule has 1 atom stereocenters. The summed E-state index contributed by atoms with van der Waals surface area (Å²) in [4.78, 5) is 22.4. The molecule has 1 amide bonds. The van der Waals surface area contributed by atoms with Crippen LogP contribution in [0.15, 0.2) is 0 Å². The van der Waals surface area contributed by atoms with E-state index < -0.39 is 23.8 Å². The second-order valence-corrected chi connectivity index (χ2v) is 4.13. The molecule has 0 aromatic rings. The fourth-order valence-electron chi connectivity index (χ4n) is 0.885. The van der Waals surface area contributed by atoms with E-state index in [9.17, 15) is 9.59 Å². The highest BCUT2D eigenvalue weighted by atomic mass is 16.6. The minimum atomic E-state index is -0.822. The zero-order chi connectivity index (χ0) is 12.8. The minimum Gasteiger partial charge on any atom is -0.467 e. The zero-order valence-electron chi connectivity index (χ0n) is 10.3. The van der Waals surface area contributed by atoms with Crippen LogP contribution in [0.25, 0.3) is 0 Å². The standard InChI is InChI=1S/C10H19NO5/c1-10(2,3)16-9(13)11-6-7(14-4)8(12)15-5/h7H,6H2,1-5H3,(H,11,13)/t7-/m0/s1. The number of carbonyl (C=O) groups is 2. The Balaban J connectivity index is 4.03. The highest BCUT2D eigenvalue weighted by Gasteiger charge is 2.21. The van der Waals surface area contributed by atoms with Gasteiger partial charge in [-0.05, 0) is 20.8 Å². The Morgan fingerprint density at radius 1 is 1.25 bits per heavy atom. The Morgan fingerprint density at radius 2 is 1.81 bits per heavy atom. The smallest absolute Gasteiger partial charge is 0.407 e. The van der Waals surface area contributed by atoms with E-state index in [-0.39, 0.29) is 6.54 Å². The number of carbonyl (C=O) groups excluding carboxylic acids is 2. The van der Waals surface area contributed by atoms with Crippen LogP contribution in [-0.2, 0) is 19.0 Å². The molecule has 0 spiro atoms. The number of ether oxygens (including phenoxy) is 3. The van der Waals surface area contributed by atoms with Gasteiger partial charge in [0.15, 0.2) is 6.10 Å². The summed E-state index contributed by atoms with van der Waals surface area (Å²) in [6.07, 6.45) is -1.42. The van der Waals surface area contributed by atoms with Gasteiger partial charge in [-0.2, -0.15) is 0 Å². The largest absolute Gasteiger partial charge is 0.467 e. The molecular formula is C10H19NO5. The third kappa shape index (κ3) is 6.23. The average Bonchev–Trinajstić information content (AvgIpc) is 2.15. The first-order valence-corrected chi connectivity index (χ1v) is 4.87. The molecule has 0 aliphatic heterocycles. The topological polar surface area (TPSA) is 73.9 Å². The molecule has 0 saturated carbocycles. The number of rotatable bonds is 4. The summed E-state index contributed by atoms with van der Waals surface area (Å²) in [6, 6.07) is 0. The monoisotopic (exact) mass is 233 g/mol. The maximum absolute atomic E-state index is 11.2. The van der Waals surface area contributed by atoms with Crippen LogP contribution in [0.5, 0.6) is 0 Å². The summed E-state index contributed by atoms with van der Waals surface area (Å²) in [5.74, 6) is -0.543. The van der Waals surface area contributed by atoms with Crippen molar-refractivity contribution in [3.8, 4) is 0 Å². The van der Waals surface area contributed by atoms with E-state index >= 15 is 0 Å². The quantitative estimate of drug-likeness (QED) is 0.723. The van der Waals surface area contributed by atoms with E-state index in [0.29, 0.717) is 0 Å². The summed E-state index contributed by atoms with van der Waals surface area (Å²) in [5, 5.41) is 2.42. The van der Waals surface area contributed by atoms with Crippen molar-refractivity contribution in [2.45, 2.75) is 32.5 Å². The van der Waals surface area contributed by atoms with Crippen LogP contribution in [0.1, 0.15) is 20.8 Å². The Morgan fingerprint density at radius 3 is 2.19 bits per heavy atom. The molecule has 0 radical (unpaired) electrons. The van der Waals surface area contributed by atoms with Gasteiger partial charge < -0.3 is 19.5 Å². The fourth-order valence-corrected chi connectivity index (χ4v) is 0.885. The molecule has 0 bridgehead atoms. The molecule has 6 heteroatoms. The van der Waals surface area contributed by atoms with Crippen molar-refractivity contribution in [2.24, 2.45) is 0 Å². The molecule has 16 heavy (non-hydrogen) atoms. The fraction of sp³-hybridized carbons (Fsp3) is 0.800. The van der Waals surface area contributed by atoms with Gasteiger partial charge in [-0.15, -0.1) is 0 Å². The van der Waals surface area contributed by atoms with Crippen molar-refractivity contribution in [1.29, 1.82) is 0 Å². The lowest BCUT2D eigenvalue weighted by molar-refractivity contribution is -0.151. The van der Waals surface area contributed by atoms with Crippen LogP contribution in [0.3, 0.4) is 0 Å². The highest BCUT2D eigenvalue weighted by Crippen LogP contribution is 2.06. The van der Waals surface area contributed by atoms with Gasteiger partial charge in [-0.3, -0.25) is 0 Å². The van der Waals surface area contributed by atoms with Crippen LogP contribution in [0.2, 0.25) is 0 Å². The Bertz CT molecular complexity index is 246. The predicted octanol–water partition coefficient (Wildman–Crippen LogP) is 0.699. The van der Waals surface area contributed by atoms with E-state index in [1.807, 2.05) is 0 Å². The number of esters is 1. The second kappa shape index (κ2) is 6.32. The molecule has 0 unspecified atom stereocenters. The predicted molar refractivity (Wildman–Crippen MR) is 57.0 cm³/mol. The van der Waals surface area contributed by atoms with Crippen LogP contribution in [0, 0.1) is 0 Å². The average molecular weight is 233 g/mol. The third-order valence-corrected chi connectivity index (χ3v) is 1.58. The maximum Gasteiger partial charge on any atom is 0.407 e. The highest BCUT2D eigenvalue weighted by molar-refractivity contribution is 5.76. The number of hydrogen-bond donors (Lipinski definition) is 1. The SMILES string of the molecule is COC(=O)[C@H](CNC(=O)OC(C)(C)C)OC. The number of alkyl carbamates (subject to hydrolysis) is 1. The molecule has 0 aliphatic carbocycles. The maximum atomic E-state index is 11.2. The first-order chi connectivity index (χ1) is 7.30. The molecule has 0 aromatic heterocycles. The van der Waals surface area contributed by atoms with Gasteiger partial charge in [0.25, 0.3) is 0 Å². The van der Waals surface area contributed by atoms with E-state index in [4.69, 9.17) is 9.47 Å². The number of amides is 1. The number of methoxy groups -OCH3 is 2. The summed E-state index contributed by atoms with van der Waals surface area (Å²) < 4.78 is 14.3. The first-order valence-electron chi connectivity index (χ1n) is 4.87. The normalized spacial score (nSPS) is 12.8. The van der Waals surface area contributed by atoms with Gasteiger partial charge in [0.05, 0.1) is 13.7 Å². The van der Waals surface area contributed by atoms with Crippen molar-refractivity contribution < 1.29 is 23.8 Å². The molecule has 94 valence electrons. The lowest BCUT2D eigenvalue weighted by atomic mass is 10.2. The van der Waals surface area contributed by atoms with Gasteiger partial charge in [0, 0.05) is 7.11 Å². The molecule has 0 aliphatic rings. The van der Waals surface area contributed by atoms with E-state index in [1.54, 1.807) is 20.8 Å². The lowest BCUT2D eigenvalue weighted by Gasteiger charge is -2.20. The number of nitrogens with one attached hydrogen (secondary N) is 1. The molecule has 0 rings (SSSR count). The van der Waals surface area contributed by atoms with Crippen molar-refractivity contribution in [2.75, 3.05) is 20.8 Å². The Labute approximate surface area is 95.2 Å². The van der Waals surface area contributed by atoms with Crippen molar-refractivity contribution in [3.05, 3.63) is 0 Å². The van der Waals surface area contributed by atoms with Crippen molar-refractivity contribution in [1.82, 2.24) is 5.32 Å². The van der Waals surface area contributed by atoms with E-state index in [1.165, 1.54) is 14.2 Å². The van der Waals surface area contributed by atoms with Crippen LogP contribution >= 0.6 is 0 Å². The molecule has 1 N–H and O–H groups in total. The molecule has 0 fully saturated rings. The van der Waals surface area contributed by atoms with E-state index in [2.05, 4.69) is 10.1 Å². The van der Waals surface area contributed by atoms with Crippen LogP contribution in [0.4, 0.5) is 4.79 Å². The van der Waals surface area contributed by atoms with Crippen molar-refractivity contribution in [3.63, 3.8) is 0 Å². The van der Waals surface area contributed by atoms with Crippen molar-refractivity contribution >= 4 is 12.1 Å². The van der Waals surface area contributed by atoms with Gasteiger partial charge in [-0.1, -0.05) is 0 Å². The second-order valence-electron chi connectivity index (χ2n) is 4.13. The van der Waals surface area contributed by atoms with Gasteiger partial charge in [0.2, 0.25) is 0 Å². The van der Waals surface area contributed by atoms with Gasteiger partial charge in [-0.25, -0.2) is 9.59 Å². The first kappa shape index (κ1) is 14.7. The van der Waals surface area contributed by atoms with Crippen LogP contribution in [-0.4, -0.2) is 44.5 Å². The van der Waals surface area contributed by atoms with Gasteiger partial charge >= 0.3 is 12.1 Å². The minimum absolute atomic E-state index is 0.0120. The summed E-state index contributed by atoms with van der Waals surface area (Å²) in [6.45, 7) is 5.26. The number of hydrogen-bond acceptors (Lipinski definition) is 5. The Kier molecular flexibility index (Phi) is 5.81. The summed E-state index contributed by atoms with van der Waals surface area (Å²) in [5.41, 5.74) is -0.572. The lowest BCUT2D eigenvalue weighted by Crippen LogP contribution is -2.40. The van der Waals surface area contributed by atoms with E-state index in [0.717, 1.165) is 0 Å². The molecule has 0 saturated heterocycles. The molecule has 0 heterocycles. The van der Waals surface area contributed by atoms with Crippen LogP contribution < -0.4 is 5.32 Å². The third-order valence-electron chi connectivity index (χ3n) is 1.58.